The number of hydrogen-bond donors (Lipinski definition) is 1. The SMILES string of the molecule is C/C=C/C1=C(/N=C\C=N)CCC1. The van der Waals surface area contributed by atoms with Gasteiger partial charge in [0.05, 0.1) is 0 Å². The van der Waals surface area contributed by atoms with Crippen molar-refractivity contribution in [3.8, 4) is 0 Å². The van der Waals surface area contributed by atoms with Gasteiger partial charge in [-0.1, -0.05) is 12.2 Å². The van der Waals surface area contributed by atoms with Crippen LogP contribution in [0.25, 0.3) is 0 Å². The Labute approximate surface area is 73.2 Å². The van der Waals surface area contributed by atoms with Gasteiger partial charge in [-0.15, -0.1) is 0 Å². The Morgan fingerprint density at radius 2 is 2.25 bits per heavy atom. The Hall–Kier alpha value is -1.18. The molecule has 0 fully saturated rings. The molecule has 0 aliphatic heterocycles. The molecular formula is C10H14N2. The van der Waals surface area contributed by atoms with Crippen molar-refractivity contribution >= 4 is 12.4 Å². The van der Waals surface area contributed by atoms with E-state index < -0.39 is 0 Å². The Kier molecular flexibility index (Phi) is 3.45. The number of aliphatic imine (C=N–C) groups is 1. The lowest BCUT2D eigenvalue weighted by atomic mass is 10.2. The molecule has 0 atom stereocenters. The fourth-order valence-electron chi connectivity index (χ4n) is 1.41. The average molecular weight is 162 g/mol. The fourth-order valence-corrected chi connectivity index (χ4v) is 1.41. The lowest BCUT2D eigenvalue weighted by Crippen LogP contribution is -1.79. The highest BCUT2D eigenvalue weighted by Crippen LogP contribution is 2.27. The molecule has 1 rings (SSSR count). The zero-order valence-corrected chi connectivity index (χ0v) is 7.38. The van der Waals surface area contributed by atoms with Crippen LogP contribution in [0.15, 0.2) is 28.4 Å². The Bertz CT molecular complexity index is 247. The number of allylic oxidation sites excluding steroid dienone is 4. The van der Waals surface area contributed by atoms with Crippen molar-refractivity contribution in [1.29, 1.82) is 5.41 Å². The van der Waals surface area contributed by atoms with E-state index in [-0.39, 0.29) is 0 Å². The summed E-state index contributed by atoms with van der Waals surface area (Å²) < 4.78 is 0. The van der Waals surface area contributed by atoms with E-state index in [2.05, 4.69) is 11.1 Å². The average Bonchev–Trinajstić information content (AvgIpc) is 2.50. The second-order valence-electron chi connectivity index (χ2n) is 2.77. The molecule has 12 heavy (non-hydrogen) atoms. The standard InChI is InChI=1S/C10H14N2/c1-2-4-9-5-3-6-10(9)12-8-7-11/h2,4,7-8,11H,3,5-6H2,1H3/b4-2+,11-7?,12-8-. The summed E-state index contributed by atoms with van der Waals surface area (Å²) >= 11 is 0. The predicted octanol–water partition coefficient (Wildman–Crippen LogP) is 2.72. The van der Waals surface area contributed by atoms with Crippen LogP contribution in [-0.2, 0) is 0 Å². The first kappa shape index (κ1) is 8.91. The maximum absolute atomic E-state index is 6.82. The summed E-state index contributed by atoms with van der Waals surface area (Å²) in [6.45, 7) is 2.02. The van der Waals surface area contributed by atoms with Crippen LogP contribution in [0.1, 0.15) is 26.2 Å². The van der Waals surface area contributed by atoms with Gasteiger partial charge >= 0.3 is 0 Å². The Morgan fingerprint density at radius 3 is 2.92 bits per heavy atom. The first-order valence-electron chi connectivity index (χ1n) is 4.26. The van der Waals surface area contributed by atoms with Crippen LogP contribution in [0.2, 0.25) is 0 Å². The smallest absolute Gasteiger partial charge is 0.0447 e. The minimum absolute atomic E-state index is 1.06. The lowest BCUT2D eigenvalue weighted by Gasteiger charge is -1.93. The summed E-state index contributed by atoms with van der Waals surface area (Å²) in [4.78, 5) is 4.20. The maximum Gasteiger partial charge on any atom is 0.0447 e. The Morgan fingerprint density at radius 1 is 1.42 bits per heavy atom. The van der Waals surface area contributed by atoms with E-state index >= 15 is 0 Å². The second-order valence-corrected chi connectivity index (χ2v) is 2.77. The largest absolute Gasteiger partial charge is 0.307 e. The van der Waals surface area contributed by atoms with E-state index in [1.54, 1.807) is 6.21 Å². The number of nitrogens with one attached hydrogen (secondary N) is 1. The zero-order chi connectivity index (χ0) is 8.81. The molecule has 64 valence electrons. The molecule has 0 unspecified atom stereocenters. The highest BCUT2D eigenvalue weighted by atomic mass is 14.7. The van der Waals surface area contributed by atoms with E-state index in [0.717, 1.165) is 18.5 Å². The van der Waals surface area contributed by atoms with Crippen LogP contribution < -0.4 is 0 Å². The van der Waals surface area contributed by atoms with Crippen molar-refractivity contribution in [1.82, 2.24) is 0 Å². The van der Waals surface area contributed by atoms with E-state index in [1.165, 1.54) is 18.2 Å². The van der Waals surface area contributed by atoms with Gasteiger partial charge in [0.25, 0.3) is 0 Å². The summed E-state index contributed by atoms with van der Waals surface area (Å²) in [5, 5.41) is 6.82. The minimum Gasteiger partial charge on any atom is -0.307 e. The monoisotopic (exact) mass is 162 g/mol. The van der Waals surface area contributed by atoms with Crippen molar-refractivity contribution in [3.63, 3.8) is 0 Å². The van der Waals surface area contributed by atoms with Crippen LogP contribution in [0.3, 0.4) is 0 Å². The van der Waals surface area contributed by atoms with Crippen molar-refractivity contribution in [2.24, 2.45) is 4.99 Å². The molecule has 0 spiro atoms. The summed E-state index contributed by atoms with van der Waals surface area (Å²) in [5.41, 5.74) is 2.48. The van der Waals surface area contributed by atoms with Crippen molar-refractivity contribution < 1.29 is 0 Å². The van der Waals surface area contributed by atoms with E-state index in [9.17, 15) is 0 Å². The third kappa shape index (κ3) is 2.16. The van der Waals surface area contributed by atoms with Gasteiger partial charge in [-0.05, 0) is 31.8 Å². The molecule has 1 aliphatic carbocycles. The summed E-state index contributed by atoms with van der Waals surface area (Å²) in [5.74, 6) is 0. The van der Waals surface area contributed by atoms with Gasteiger partial charge in [0, 0.05) is 18.1 Å². The van der Waals surface area contributed by atoms with Gasteiger partial charge in [0.2, 0.25) is 0 Å². The van der Waals surface area contributed by atoms with Crippen LogP contribution in [0, 0.1) is 5.41 Å². The van der Waals surface area contributed by atoms with Crippen LogP contribution in [0.4, 0.5) is 0 Å². The normalized spacial score (nSPS) is 18.4. The molecule has 0 saturated carbocycles. The molecule has 2 nitrogen and oxygen atoms in total. The van der Waals surface area contributed by atoms with Gasteiger partial charge in [-0.25, -0.2) is 0 Å². The van der Waals surface area contributed by atoms with E-state index in [4.69, 9.17) is 5.41 Å². The molecule has 0 bridgehead atoms. The van der Waals surface area contributed by atoms with Crippen molar-refractivity contribution in [2.75, 3.05) is 0 Å². The molecule has 0 radical (unpaired) electrons. The van der Waals surface area contributed by atoms with Gasteiger partial charge in [0.1, 0.15) is 0 Å². The zero-order valence-electron chi connectivity index (χ0n) is 7.38. The molecule has 2 heteroatoms. The molecule has 0 aromatic heterocycles. The maximum atomic E-state index is 6.82. The summed E-state index contributed by atoms with van der Waals surface area (Å²) in [6.07, 6.45) is 10.3. The third-order valence-electron chi connectivity index (χ3n) is 1.90. The number of hydrogen-bond acceptors (Lipinski definition) is 2. The summed E-state index contributed by atoms with van der Waals surface area (Å²) in [7, 11) is 0. The van der Waals surface area contributed by atoms with E-state index in [1.807, 2.05) is 13.0 Å². The van der Waals surface area contributed by atoms with Crippen LogP contribution >= 0.6 is 0 Å². The quantitative estimate of drug-likeness (QED) is 0.619. The Balaban J connectivity index is 2.75. The third-order valence-corrected chi connectivity index (χ3v) is 1.90. The summed E-state index contributed by atoms with van der Waals surface area (Å²) in [6, 6.07) is 0. The van der Waals surface area contributed by atoms with Gasteiger partial charge in [0.15, 0.2) is 0 Å². The van der Waals surface area contributed by atoms with Gasteiger partial charge < -0.3 is 5.41 Å². The fraction of sp³-hybridized carbons (Fsp3) is 0.400. The number of rotatable bonds is 3. The van der Waals surface area contributed by atoms with E-state index in [0.29, 0.717) is 0 Å². The molecular weight excluding hydrogens is 148 g/mol. The van der Waals surface area contributed by atoms with Gasteiger partial charge in [-0.3, -0.25) is 4.99 Å². The highest BCUT2D eigenvalue weighted by molar-refractivity contribution is 6.14. The molecule has 0 heterocycles. The molecule has 1 aliphatic rings. The first-order valence-corrected chi connectivity index (χ1v) is 4.26. The molecule has 0 aromatic rings. The molecule has 0 amide bonds. The van der Waals surface area contributed by atoms with Crippen molar-refractivity contribution in [2.45, 2.75) is 26.2 Å². The minimum atomic E-state index is 1.06. The van der Waals surface area contributed by atoms with Crippen LogP contribution in [-0.4, -0.2) is 12.4 Å². The molecule has 0 saturated heterocycles. The molecule has 0 aromatic carbocycles. The topological polar surface area (TPSA) is 36.2 Å². The first-order chi connectivity index (χ1) is 5.88. The number of nitrogens with zero attached hydrogens (tertiary/aromatic N) is 1. The van der Waals surface area contributed by atoms with Gasteiger partial charge in [-0.2, -0.15) is 0 Å². The van der Waals surface area contributed by atoms with Crippen molar-refractivity contribution in [3.05, 3.63) is 23.4 Å². The highest BCUT2D eigenvalue weighted by Gasteiger charge is 2.09. The van der Waals surface area contributed by atoms with Crippen LogP contribution in [0.5, 0.6) is 0 Å². The predicted molar refractivity (Wildman–Crippen MR) is 53.0 cm³/mol. The second kappa shape index (κ2) is 4.65. The lowest BCUT2D eigenvalue weighted by molar-refractivity contribution is 0.895. The molecule has 1 N–H and O–H groups in total.